The predicted molar refractivity (Wildman–Crippen MR) is 74.6 cm³/mol. The quantitative estimate of drug-likeness (QED) is 0.770. The third-order valence-electron chi connectivity index (χ3n) is 3.38. The molecule has 0 aliphatic carbocycles. The van der Waals surface area contributed by atoms with Gasteiger partial charge in [0.05, 0.1) is 5.69 Å². The van der Waals surface area contributed by atoms with Gasteiger partial charge in [-0.25, -0.2) is 0 Å². The number of hydrogen-bond acceptors (Lipinski definition) is 2. The molecule has 0 aliphatic heterocycles. The van der Waals surface area contributed by atoms with Gasteiger partial charge in [-0.15, -0.1) is 0 Å². The Hall–Kier alpha value is -1.12. The van der Waals surface area contributed by atoms with Crippen molar-refractivity contribution in [1.29, 1.82) is 0 Å². The number of carbonyl (C=O) groups excluding carboxylic acids is 1. The van der Waals surface area contributed by atoms with Crippen molar-refractivity contribution >= 4 is 5.78 Å². The molecule has 1 unspecified atom stereocenters. The minimum Gasteiger partial charge on any atom is -0.299 e. The van der Waals surface area contributed by atoms with Crippen LogP contribution in [0.3, 0.4) is 0 Å². The molecule has 1 rings (SSSR count). The summed E-state index contributed by atoms with van der Waals surface area (Å²) < 4.78 is 2.01. The van der Waals surface area contributed by atoms with Crippen LogP contribution in [-0.2, 0) is 11.2 Å². The Labute approximate surface area is 111 Å². The van der Waals surface area contributed by atoms with Gasteiger partial charge in [0.25, 0.3) is 0 Å². The Balaban J connectivity index is 2.41. The minimum atomic E-state index is -0.212. The van der Waals surface area contributed by atoms with Crippen LogP contribution in [-0.4, -0.2) is 15.6 Å². The topological polar surface area (TPSA) is 34.9 Å². The molecular formula is C15H26N2O. The van der Waals surface area contributed by atoms with Crippen LogP contribution in [0.25, 0.3) is 0 Å². The second kappa shape index (κ2) is 6.17. The third-order valence-corrected chi connectivity index (χ3v) is 3.38. The first-order valence-corrected chi connectivity index (χ1v) is 6.92. The molecule has 18 heavy (non-hydrogen) atoms. The highest BCUT2D eigenvalue weighted by Gasteiger charge is 2.20. The SMILES string of the molecule is CCC(C)n1ccc(CCCC(=O)C(C)(C)C)n1. The lowest BCUT2D eigenvalue weighted by Gasteiger charge is -2.15. The maximum atomic E-state index is 11.8. The van der Waals surface area contributed by atoms with E-state index in [1.807, 2.05) is 31.6 Å². The summed E-state index contributed by atoms with van der Waals surface area (Å²) in [5.41, 5.74) is 0.882. The van der Waals surface area contributed by atoms with E-state index in [-0.39, 0.29) is 5.41 Å². The molecule has 3 nitrogen and oxygen atoms in total. The van der Waals surface area contributed by atoms with Crippen LogP contribution in [0.4, 0.5) is 0 Å². The van der Waals surface area contributed by atoms with E-state index in [1.165, 1.54) is 0 Å². The van der Waals surface area contributed by atoms with Crippen molar-refractivity contribution in [2.24, 2.45) is 5.41 Å². The Kier molecular flexibility index (Phi) is 5.12. The summed E-state index contributed by atoms with van der Waals surface area (Å²) in [6, 6.07) is 2.52. The Morgan fingerprint density at radius 3 is 2.67 bits per heavy atom. The van der Waals surface area contributed by atoms with E-state index in [4.69, 9.17) is 0 Å². The molecule has 0 aromatic carbocycles. The second-order valence-electron chi connectivity index (χ2n) is 6.07. The molecule has 0 spiro atoms. The number of ketones is 1. The first-order chi connectivity index (χ1) is 8.34. The molecule has 0 aliphatic rings. The first kappa shape index (κ1) is 14.9. The second-order valence-corrected chi connectivity index (χ2v) is 6.07. The van der Waals surface area contributed by atoms with Crippen molar-refractivity contribution in [1.82, 2.24) is 9.78 Å². The molecule has 1 atom stereocenters. The highest BCUT2D eigenvalue weighted by atomic mass is 16.1. The van der Waals surface area contributed by atoms with E-state index < -0.39 is 0 Å². The summed E-state index contributed by atoms with van der Waals surface area (Å²) in [6.07, 6.45) is 5.57. The molecule has 0 saturated heterocycles. The van der Waals surface area contributed by atoms with Gasteiger partial charge in [-0.05, 0) is 32.3 Å². The van der Waals surface area contributed by atoms with Gasteiger partial charge in [-0.3, -0.25) is 9.48 Å². The van der Waals surface area contributed by atoms with Crippen LogP contribution in [0.2, 0.25) is 0 Å². The number of aryl methyl sites for hydroxylation is 1. The monoisotopic (exact) mass is 250 g/mol. The van der Waals surface area contributed by atoms with Gasteiger partial charge in [0, 0.05) is 24.1 Å². The molecule has 0 radical (unpaired) electrons. The number of aromatic nitrogens is 2. The number of rotatable bonds is 6. The van der Waals surface area contributed by atoms with Gasteiger partial charge in [-0.2, -0.15) is 5.10 Å². The minimum absolute atomic E-state index is 0.212. The highest BCUT2D eigenvalue weighted by Crippen LogP contribution is 2.18. The van der Waals surface area contributed by atoms with Crippen molar-refractivity contribution in [3.05, 3.63) is 18.0 Å². The first-order valence-electron chi connectivity index (χ1n) is 6.92. The zero-order valence-electron chi connectivity index (χ0n) is 12.4. The molecule has 3 heteroatoms. The maximum Gasteiger partial charge on any atom is 0.138 e. The van der Waals surface area contributed by atoms with Gasteiger partial charge in [-0.1, -0.05) is 27.7 Å². The lowest BCUT2D eigenvalue weighted by atomic mass is 9.88. The largest absolute Gasteiger partial charge is 0.299 e. The van der Waals surface area contributed by atoms with Gasteiger partial charge in [0.1, 0.15) is 5.78 Å². The average molecular weight is 250 g/mol. The number of nitrogens with zero attached hydrogens (tertiary/aromatic N) is 2. The fourth-order valence-corrected chi connectivity index (χ4v) is 1.75. The Bertz CT molecular complexity index is 387. The highest BCUT2D eigenvalue weighted by molar-refractivity contribution is 5.83. The molecule has 0 amide bonds. The van der Waals surface area contributed by atoms with E-state index in [1.54, 1.807) is 0 Å². The van der Waals surface area contributed by atoms with E-state index >= 15 is 0 Å². The number of carbonyl (C=O) groups is 1. The van der Waals surface area contributed by atoms with Crippen LogP contribution >= 0.6 is 0 Å². The molecule has 0 saturated carbocycles. The zero-order valence-corrected chi connectivity index (χ0v) is 12.4. The zero-order chi connectivity index (χ0) is 13.8. The van der Waals surface area contributed by atoms with E-state index in [0.717, 1.165) is 25.0 Å². The Morgan fingerprint density at radius 1 is 1.44 bits per heavy atom. The molecule has 1 aromatic heterocycles. The van der Waals surface area contributed by atoms with Crippen molar-refractivity contribution in [2.45, 2.75) is 66.3 Å². The summed E-state index contributed by atoms with van der Waals surface area (Å²) in [5.74, 6) is 0.337. The number of hydrogen-bond donors (Lipinski definition) is 0. The van der Waals surface area contributed by atoms with Gasteiger partial charge in [0.15, 0.2) is 0 Å². The van der Waals surface area contributed by atoms with Crippen molar-refractivity contribution < 1.29 is 4.79 Å². The summed E-state index contributed by atoms with van der Waals surface area (Å²) in [6.45, 7) is 10.3. The average Bonchev–Trinajstić information content (AvgIpc) is 2.75. The Morgan fingerprint density at radius 2 is 2.11 bits per heavy atom. The fraction of sp³-hybridized carbons (Fsp3) is 0.733. The van der Waals surface area contributed by atoms with Crippen molar-refractivity contribution in [2.75, 3.05) is 0 Å². The molecule has 0 N–H and O–H groups in total. The van der Waals surface area contributed by atoms with E-state index in [0.29, 0.717) is 18.2 Å². The smallest absolute Gasteiger partial charge is 0.138 e. The molecular weight excluding hydrogens is 224 g/mol. The summed E-state index contributed by atoms with van der Waals surface area (Å²) in [4.78, 5) is 11.8. The summed E-state index contributed by atoms with van der Waals surface area (Å²) >= 11 is 0. The van der Waals surface area contributed by atoms with Crippen LogP contribution in [0.15, 0.2) is 12.3 Å². The summed E-state index contributed by atoms with van der Waals surface area (Å²) in [5, 5.41) is 4.55. The van der Waals surface area contributed by atoms with E-state index in [2.05, 4.69) is 25.0 Å². The fourth-order valence-electron chi connectivity index (χ4n) is 1.75. The van der Waals surface area contributed by atoms with Gasteiger partial charge >= 0.3 is 0 Å². The van der Waals surface area contributed by atoms with Gasteiger partial charge < -0.3 is 0 Å². The van der Waals surface area contributed by atoms with Crippen LogP contribution in [0.1, 0.15) is 65.6 Å². The standard InChI is InChI=1S/C15H26N2O/c1-6-12(2)17-11-10-13(16-17)8-7-9-14(18)15(3,4)5/h10-12H,6-9H2,1-5H3. The van der Waals surface area contributed by atoms with Crippen LogP contribution in [0, 0.1) is 5.41 Å². The molecule has 102 valence electrons. The number of Topliss-reactive ketones (excluding diaryl/α,β-unsaturated/α-hetero) is 1. The maximum absolute atomic E-state index is 11.8. The van der Waals surface area contributed by atoms with E-state index in [9.17, 15) is 4.79 Å². The van der Waals surface area contributed by atoms with Gasteiger partial charge in [0.2, 0.25) is 0 Å². The van der Waals surface area contributed by atoms with Crippen LogP contribution < -0.4 is 0 Å². The third kappa shape index (κ3) is 4.28. The normalized spacial score (nSPS) is 13.6. The molecule has 0 bridgehead atoms. The van der Waals surface area contributed by atoms with Crippen molar-refractivity contribution in [3.63, 3.8) is 0 Å². The van der Waals surface area contributed by atoms with Crippen molar-refractivity contribution in [3.8, 4) is 0 Å². The van der Waals surface area contributed by atoms with Crippen LogP contribution in [0.5, 0.6) is 0 Å². The predicted octanol–water partition coefficient (Wildman–Crippen LogP) is 3.79. The molecule has 0 fully saturated rings. The molecule has 1 heterocycles. The molecule has 1 aromatic rings. The lowest BCUT2D eigenvalue weighted by molar-refractivity contribution is -0.126. The lowest BCUT2D eigenvalue weighted by Crippen LogP contribution is -2.19. The summed E-state index contributed by atoms with van der Waals surface area (Å²) in [7, 11) is 0.